The molecule has 4 rings (SSSR count). The standard InChI is InChI=1S/C38H34N4O10.ClH/c1-51-37(49)29(21-23-13-5-3-6-14-23)41-33(45)31(43)25-17-9-11-19-27(25)39-35(47)36(48)40-28-20-12-10-18-26(28)32(44)34(46)42-30(38(50)52-2)22-24-15-7-4-8-16-24;/h3-20,29-30H,21-22H2,1-2H3,(H,39,47)(H,40,48)(H,41,45)(H,42,46);1H/t29-,30-;/m1./s1. The second kappa shape index (κ2) is 19.7. The number of rotatable bonds is 14. The van der Waals surface area contributed by atoms with Gasteiger partial charge in [-0.15, -0.1) is 12.4 Å². The van der Waals surface area contributed by atoms with Gasteiger partial charge in [0.05, 0.1) is 36.7 Å². The summed E-state index contributed by atoms with van der Waals surface area (Å²) in [6.45, 7) is 0. The van der Waals surface area contributed by atoms with Gasteiger partial charge in [0.2, 0.25) is 0 Å². The van der Waals surface area contributed by atoms with Crippen LogP contribution in [0.1, 0.15) is 31.8 Å². The minimum absolute atomic E-state index is 0. The summed E-state index contributed by atoms with van der Waals surface area (Å²) in [4.78, 5) is 103. The number of esters is 2. The number of hydrogen-bond donors (Lipinski definition) is 4. The molecule has 2 atom stereocenters. The van der Waals surface area contributed by atoms with Crippen molar-refractivity contribution in [3.63, 3.8) is 0 Å². The number of amides is 4. The molecule has 4 amide bonds. The molecule has 4 aromatic rings. The lowest BCUT2D eigenvalue weighted by molar-refractivity contribution is -0.145. The first-order valence-electron chi connectivity index (χ1n) is 15.8. The van der Waals surface area contributed by atoms with Gasteiger partial charge in [-0.3, -0.25) is 28.8 Å². The lowest BCUT2D eigenvalue weighted by Crippen LogP contribution is -2.46. The summed E-state index contributed by atoms with van der Waals surface area (Å²) in [5.41, 5.74) is 0.427. The molecular weight excluding hydrogens is 708 g/mol. The number of halogens is 1. The second-order valence-corrected chi connectivity index (χ2v) is 11.1. The molecule has 53 heavy (non-hydrogen) atoms. The molecule has 0 aliphatic rings. The van der Waals surface area contributed by atoms with Crippen LogP contribution in [0, 0.1) is 0 Å². The van der Waals surface area contributed by atoms with E-state index in [1.807, 2.05) is 0 Å². The van der Waals surface area contributed by atoms with Crippen molar-refractivity contribution in [3.8, 4) is 0 Å². The molecule has 0 unspecified atom stereocenters. The van der Waals surface area contributed by atoms with E-state index in [1.165, 1.54) is 48.5 Å². The number of hydrogen-bond acceptors (Lipinski definition) is 10. The van der Waals surface area contributed by atoms with Crippen LogP contribution < -0.4 is 21.3 Å². The Morgan fingerprint density at radius 2 is 0.792 bits per heavy atom. The number of carbonyl (C=O) groups excluding carboxylic acids is 8. The minimum Gasteiger partial charge on any atom is -0.467 e. The summed E-state index contributed by atoms with van der Waals surface area (Å²) in [6.07, 6.45) is 0.0759. The average Bonchev–Trinajstić information content (AvgIpc) is 3.17. The Morgan fingerprint density at radius 3 is 1.13 bits per heavy atom. The van der Waals surface area contributed by atoms with Crippen molar-refractivity contribution in [2.45, 2.75) is 24.9 Å². The van der Waals surface area contributed by atoms with Gasteiger partial charge in [0.15, 0.2) is 0 Å². The monoisotopic (exact) mass is 742 g/mol. The summed E-state index contributed by atoms with van der Waals surface area (Å²) in [5, 5.41) is 9.28. The summed E-state index contributed by atoms with van der Waals surface area (Å²) in [6, 6.07) is 25.9. The number of Topliss-reactive ketones (excluding diaryl/α,β-unsaturated/α-hetero) is 2. The van der Waals surface area contributed by atoms with Crippen LogP contribution in [0.4, 0.5) is 11.4 Å². The summed E-state index contributed by atoms with van der Waals surface area (Å²) in [5.74, 6) is -8.68. The number of ether oxygens (including phenoxy) is 2. The largest absolute Gasteiger partial charge is 0.467 e. The molecule has 0 bridgehead atoms. The van der Waals surface area contributed by atoms with Crippen molar-refractivity contribution >= 4 is 70.9 Å². The highest BCUT2D eigenvalue weighted by Gasteiger charge is 2.30. The molecule has 0 fully saturated rings. The quantitative estimate of drug-likeness (QED) is 0.0845. The van der Waals surface area contributed by atoms with E-state index in [4.69, 9.17) is 9.47 Å². The number of nitrogens with one attached hydrogen (secondary N) is 4. The van der Waals surface area contributed by atoms with Crippen LogP contribution in [-0.2, 0) is 51.1 Å². The Labute approximate surface area is 310 Å². The fraction of sp³-hybridized carbons (Fsp3) is 0.158. The van der Waals surface area contributed by atoms with Crippen LogP contribution in [0.15, 0.2) is 109 Å². The third kappa shape index (κ3) is 11.2. The van der Waals surface area contributed by atoms with Crippen molar-refractivity contribution in [2.24, 2.45) is 0 Å². The zero-order valence-electron chi connectivity index (χ0n) is 28.5. The van der Waals surface area contributed by atoms with Crippen molar-refractivity contribution in [2.75, 3.05) is 24.9 Å². The minimum atomic E-state index is -1.28. The maximum atomic E-state index is 13.2. The first-order chi connectivity index (χ1) is 25.0. The van der Waals surface area contributed by atoms with E-state index in [0.717, 1.165) is 14.2 Å². The number of anilines is 2. The SMILES string of the molecule is COC(=O)[C@@H](Cc1ccccc1)NC(=O)C(=O)c1ccccc1NC(=O)C(=O)Nc1ccccc1C(=O)C(=O)N[C@H](Cc1ccccc1)C(=O)OC.Cl. The van der Waals surface area contributed by atoms with Gasteiger partial charge in [-0.05, 0) is 35.4 Å². The fourth-order valence-corrected chi connectivity index (χ4v) is 5.00. The molecule has 0 aliphatic carbocycles. The van der Waals surface area contributed by atoms with Gasteiger partial charge in [-0.1, -0.05) is 84.9 Å². The third-order valence-corrected chi connectivity index (χ3v) is 7.61. The molecule has 0 spiro atoms. The number of ketones is 2. The number of carbonyl (C=O) groups is 8. The molecule has 0 radical (unpaired) electrons. The maximum absolute atomic E-state index is 13.2. The maximum Gasteiger partial charge on any atom is 0.328 e. The molecule has 14 nitrogen and oxygen atoms in total. The van der Waals surface area contributed by atoms with Crippen molar-refractivity contribution in [1.29, 1.82) is 0 Å². The Kier molecular flexibility index (Phi) is 15.1. The van der Waals surface area contributed by atoms with Gasteiger partial charge in [0.25, 0.3) is 23.4 Å². The smallest absolute Gasteiger partial charge is 0.328 e. The highest BCUT2D eigenvalue weighted by molar-refractivity contribution is 6.48. The average molecular weight is 743 g/mol. The normalized spacial score (nSPS) is 11.3. The molecule has 15 heteroatoms. The van der Waals surface area contributed by atoms with Gasteiger partial charge in [0.1, 0.15) is 12.1 Å². The second-order valence-electron chi connectivity index (χ2n) is 11.1. The van der Waals surface area contributed by atoms with E-state index in [1.54, 1.807) is 60.7 Å². The van der Waals surface area contributed by atoms with E-state index < -0.39 is 59.2 Å². The Bertz CT molecular complexity index is 1850. The highest BCUT2D eigenvalue weighted by Crippen LogP contribution is 2.19. The summed E-state index contributed by atoms with van der Waals surface area (Å²) < 4.78 is 9.57. The lowest BCUT2D eigenvalue weighted by atomic mass is 10.0. The molecule has 274 valence electrons. The molecule has 0 aromatic heterocycles. The Balaban J connectivity index is 0.00000756. The van der Waals surface area contributed by atoms with Gasteiger partial charge in [0, 0.05) is 12.8 Å². The predicted molar refractivity (Wildman–Crippen MR) is 194 cm³/mol. The summed E-state index contributed by atoms with van der Waals surface area (Å²) in [7, 11) is 2.28. The van der Waals surface area contributed by atoms with E-state index in [9.17, 15) is 38.4 Å². The number of benzene rings is 4. The van der Waals surface area contributed by atoms with Crippen LogP contribution in [0.5, 0.6) is 0 Å². The number of para-hydroxylation sites is 2. The van der Waals surface area contributed by atoms with Gasteiger partial charge in [-0.2, -0.15) is 0 Å². The van der Waals surface area contributed by atoms with Crippen molar-refractivity contribution < 1.29 is 47.8 Å². The molecule has 0 saturated carbocycles. The van der Waals surface area contributed by atoms with E-state index >= 15 is 0 Å². The van der Waals surface area contributed by atoms with Gasteiger partial charge in [-0.25, -0.2) is 9.59 Å². The summed E-state index contributed by atoms with van der Waals surface area (Å²) >= 11 is 0. The van der Waals surface area contributed by atoms with Crippen molar-refractivity contribution in [3.05, 3.63) is 131 Å². The zero-order chi connectivity index (χ0) is 37.6. The third-order valence-electron chi connectivity index (χ3n) is 7.61. The number of methoxy groups -OCH3 is 2. The Morgan fingerprint density at radius 1 is 0.472 bits per heavy atom. The van der Waals surface area contributed by atoms with Gasteiger partial charge < -0.3 is 30.7 Å². The van der Waals surface area contributed by atoms with E-state index in [-0.39, 0.29) is 47.8 Å². The molecular formula is C38H35ClN4O10. The predicted octanol–water partition coefficient (Wildman–Crippen LogP) is 2.85. The van der Waals surface area contributed by atoms with Crippen molar-refractivity contribution in [1.82, 2.24) is 10.6 Å². The highest BCUT2D eigenvalue weighted by atomic mass is 35.5. The first-order valence-corrected chi connectivity index (χ1v) is 15.8. The van der Waals surface area contributed by atoms with Crippen LogP contribution in [0.2, 0.25) is 0 Å². The van der Waals surface area contributed by atoms with Crippen LogP contribution in [0.3, 0.4) is 0 Å². The van der Waals surface area contributed by atoms with Crippen LogP contribution in [0.25, 0.3) is 0 Å². The van der Waals surface area contributed by atoms with Crippen LogP contribution >= 0.6 is 12.4 Å². The van der Waals surface area contributed by atoms with E-state index in [2.05, 4.69) is 21.3 Å². The molecule has 0 aliphatic heterocycles. The lowest BCUT2D eigenvalue weighted by Gasteiger charge is -2.17. The Hall–Kier alpha value is -6.67. The topological polar surface area (TPSA) is 203 Å². The molecule has 0 heterocycles. The molecule has 4 aromatic carbocycles. The zero-order valence-corrected chi connectivity index (χ0v) is 29.3. The van der Waals surface area contributed by atoms with Crippen LogP contribution in [-0.4, -0.2) is 73.4 Å². The molecule has 0 saturated heterocycles. The molecule has 4 N–H and O–H groups in total. The van der Waals surface area contributed by atoms with E-state index in [0.29, 0.717) is 11.1 Å². The van der Waals surface area contributed by atoms with Gasteiger partial charge >= 0.3 is 23.8 Å². The first kappa shape index (κ1) is 40.8. The fourth-order valence-electron chi connectivity index (χ4n) is 5.00.